The molecule has 2 fully saturated rings. The molecule has 9 nitrogen and oxygen atoms in total. The third-order valence-corrected chi connectivity index (χ3v) is 8.82. The summed E-state index contributed by atoms with van der Waals surface area (Å²) in [6.45, 7) is 10.8. The van der Waals surface area contributed by atoms with E-state index in [4.69, 9.17) is 9.72 Å². The topological polar surface area (TPSA) is 127 Å². The standard InChI is InChI=1S/C27H38F2N6O3S/c1-24(2,3)38-23(36)33-21(17-7-9-27(28,29)10-8-17)19-15-35-20(32-19)13-18(14-31-35)22(26(16-30)11-12-26)34-39(37)25(4,5)6/h13-15,17,21-22,34H,7-12H2,1-6H3,(H,33,36)/t21-,22?,39?/m0/s1. The van der Waals surface area contributed by atoms with Gasteiger partial charge in [-0.3, -0.25) is 0 Å². The van der Waals surface area contributed by atoms with Crippen LogP contribution in [0, 0.1) is 22.7 Å². The number of imidazole rings is 1. The molecular weight excluding hydrogens is 526 g/mol. The Morgan fingerprint density at radius 3 is 2.41 bits per heavy atom. The molecule has 2 heterocycles. The predicted octanol–water partition coefficient (Wildman–Crippen LogP) is 5.52. The fourth-order valence-corrected chi connectivity index (χ4v) is 5.79. The number of fused-ring (bicyclic) bond motifs is 1. The fourth-order valence-electron chi connectivity index (χ4n) is 4.86. The molecule has 2 aromatic rings. The molecule has 0 aliphatic heterocycles. The van der Waals surface area contributed by atoms with Crippen LogP contribution in [0.15, 0.2) is 18.5 Å². The molecule has 1 amide bonds. The Balaban J connectivity index is 1.66. The van der Waals surface area contributed by atoms with Gasteiger partial charge in [-0.2, -0.15) is 10.4 Å². The Hall–Kier alpha value is -2.49. The van der Waals surface area contributed by atoms with Crippen LogP contribution < -0.4 is 10.0 Å². The SMILES string of the molecule is CC(C)(C)OC(=O)N[C@H](c1cn2ncc(C(N[S+]([O-])C(C)(C)C)C3(C#N)CC3)cc2n1)C1CCC(F)(F)CC1. The number of carbonyl (C=O) groups excluding carboxylic acids is 1. The molecule has 0 saturated heterocycles. The highest BCUT2D eigenvalue weighted by molar-refractivity contribution is 7.90. The first-order valence-electron chi connectivity index (χ1n) is 13.3. The van der Waals surface area contributed by atoms with E-state index < -0.39 is 51.2 Å². The van der Waals surface area contributed by atoms with Crippen molar-refractivity contribution in [1.29, 1.82) is 5.26 Å². The molecule has 39 heavy (non-hydrogen) atoms. The third kappa shape index (κ3) is 6.99. The number of rotatable bonds is 7. The van der Waals surface area contributed by atoms with Gasteiger partial charge in [0.05, 0.1) is 41.7 Å². The Bertz CT molecular complexity index is 1230. The lowest BCUT2D eigenvalue weighted by Gasteiger charge is -2.33. The Kier molecular flexibility index (Phi) is 7.93. The number of nitrogens with zero attached hydrogens (tertiary/aromatic N) is 4. The second-order valence-electron chi connectivity index (χ2n) is 12.8. The number of halogens is 2. The Morgan fingerprint density at radius 1 is 1.23 bits per heavy atom. The van der Waals surface area contributed by atoms with Gasteiger partial charge in [0.1, 0.15) is 10.3 Å². The van der Waals surface area contributed by atoms with E-state index in [1.165, 1.54) is 0 Å². The number of alkyl carbamates (subject to hydrolysis) is 1. The van der Waals surface area contributed by atoms with Gasteiger partial charge in [0, 0.05) is 24.2 Å². The van der Waals surface area contributed by atoms with Crippen molar-refractivity contribution in [3.05, 3.63) is 29.7 Å². The number of amides is 1. The highest BCUT2D eigenvalue weighted by atomic mass is 32.2. The Morgan fingerprint density at radius 2 is 1.87 bits per heavy atom. The minimum absolute atomic E-state index is 0.231. The van der Waals surface area contributed by atoms with Gasteiger partial charge in [-0.1, -0.05) is 0 Å². The summed E-state index contributed by atoms with van der Waals surface area (Å²) in [6.07, 6.45) is 3.98. The van der Waals surface area contributed by atoms with Crippen molar-refractivity contribution in [3.8, 4) is 6.07 Å². The molecule has 2 aliphatic carbocycles. The zero-order valence-electron chi connectivity index (χ0n) is 23.4. The van der Waals surface area contributed by atoms with Crippen LogP contribution in [0.3, 0.4) is 0 Å². The number of carbonyl (C=O) groups is 1. The largest absolute Gasteiger partial charge is 0.598 e. The van der Waals surface area contributed by atoms with Gasteiger partial charge in [0.25, 0.3) is 0 Å². The molecule has 2 aromatic heterocycles. The highest BCUT2D eigenvalue weighted by Gasteiger charge is 2.53. The zero-order chi connectivity index (χ0) is 28.8. The van der Waals surface area contributed by atoms with Gasteiger partial charge in [-0.25, -0.2) is 23.1 Å². The third-order valence-electron chi connectivity index (χ3n) is 7.26. The van der Waals surface area contributed by atoms with Gasteiger partial charge >= 0.3 is 6.09 Å². The maximum Gasteiger partial charge on any atom is 0.408 e. The summed E-state index contributed by atoms with van der Waals surface area (Å²) in [7, 11) is 0. The summed E-state index contributed by atoms with van der Waals surface area (Å²) < 4.78 is 50.4. The Labute approximate surface area is 231 Å². The zero-order valence-corrected chi connectivity index (χ0v) is 24.2. The molecule has 0 radical (unpaired) electrons. The summed E-state index contributed by atoms with van der Waals surface area (Å²) in [5.41, 5.74) is 0.250. The lowest BCUT2D eigenvalue weighted by molar-refractivity contribution is -0.0500. The van der Waals surface area contributed by atoms with Crippen molar-refractivity contribution in [2.45, 2.75) is 108 Å². The van der Waals surface area contributed by atoms with Crippen molar-refractivity contribution in [3.63, 3.8) is 0 Å². The average Bonchev–Trinajstić information content (AvgIpc) is 3.50. The first kappa shape index (κ1) is 29.5. The molecule has 0 bridgehead atoms. The van der Waals surface area contributed by atoms with Crippen LogP contribution in [0.4, 0.5) is 13.6 Å². The number of alkyl halides is 2. The van der Waals surface area contributed by atoms with Crippen LogP contribution >= 0.6 is 0 Å². The smallest absolute Gasteiger partial charge is 0.408 e. The summed E-state index contributed by atoms with van der Waals surface area (Å²) in [5.74, 6) is -2.96. The second kappa shape index (κ2) is 10.5. The summed E-state index contributed by atoms with van der Waals surface area (Å²) in [4.78, 5) is 17.4. The quantitative estimate of drug-likeness (QED) is 0.424. The molecular formula is C27H38F2N6O3S. The van der Waals surface area contributed by atoms with E-state index in [-0.39, 0.29) is 31.6 Å². The molecule has 12 heteroatoms. The summed E-state index contributed by atoms with van der Waals surface area (Å²) >= 11 is -1.42. The molecule has 3 atom stereocenters. The first-order valence-corrected chi connectivity index (χ1v) is 14.5. The molecule has 0 spiro atoms. The van der Waals surface area contributed by atoms with Gasteiger partial charge in [-0.15, -0.1) is 4.72 Å². The first-order chi connectivity index (χ1) is 18.0. The van der Waals surface area contributed by atoms with E-state index in [0.717, 1.165) is 0 Å². The lowest BCUT2D eigenvalue weighted by Crippen LogP contribution is -2.43. The van der Waals surface area contributed by atoms with Crippen LogP contribution in [0.1, 0.15) is 103 Å². The number of hydrogen-bond acceptors (Lipinski definition) is 7. The molecule has 0 aromatic carbocycles. The fraction of sp³-hybridized carbons (Fsp3) is 0.704. The van der Waals surface area contributed by atoms with Crippen LogP contribution in [0.5, 0.6) is 0 Å². The molecule has 2 unspecified atom stereocenters. The van der Waals surface area contributed by atoms with E-state index in [0.29, 0.717) is 29.7 Å². The molecule has 2 saturated carbocycles. The van der Waals surface area contributed by atoms with E-state index in [9.17, 15) is 23.4 Å². The maximum atomic E-state index is 13.9. The lowest BCUT2D eigenvalue weighted by atomic mass is 9.81. The number of ether oxygens (including phenoxy) is 1. The van der Waals surface area contributed by atoms with E-state index in [1.54, 1.807) is 43.7 Å². The minimum Gasteiger partial charge on any atom is -0.598 e. The maximum absolute atomic E-state index is 13.9. The van der Waals surface area contributed by atoms with Gasteiger partial charge in [0.2, 0.25) is 5.92 Å². The van der Waals surface area contributed by atoms with Gasteiger partial charge < -0.3 is 14.6 Å². The van der Waals surface area contributed by atoms with E-state index in [2.05, 4.69) is 21.2 Å². The molecule has 4 rings (SSSR count). The summed E-state index contributed by atoms with van der Waals surface area (Å²) in [5, 5.41) is 17.3. The number of hydrogen-bond donors (Lipinski definition) is 2. The molecule has 214 valence electrons. The summed E-state index contributed by atoms with van der Waals surface area (Å²) in [6, 6.07) is 3.05. The second-order valence-corrected chi connectivity index (χ2v) is 14.8. The van der Waals surface area contributed by atoms with Crippen molar-refractivity contribution in [2.75, 3.05) is 0 Å². The number of aromatic nitrogens is 3. The van der Waals surface area contributed by atoms with Crippen molar-refractivity contribution >= 4 is 23.1 Å². The predicted molar refractivity (Wildman–Crippen MR) is 143 cm³/mol. The van der Waals surface area contributed by atoms with E-state index >= 15 is 0 Å². The van der Waals surface area contributed by atoms with Gasteiger partial charge in [-0.05, 0) is 84.8 Å². The average molecular weight is 565 g/mol. The van der Waals surface area contributed by atoms with Crippen molar-refractivity contribution in [1.82, 2.24) is 24.6 Å². The monoisotopic (exact) mass is 564 g/mol. The highest BCUT2D eigenvalue weighted by Crippen LogP contribution is 2.55. The van der Waals surface area contributed by atoms with Crippen LogP contribution in [-0.2, 0) is 16.1 Å². The minimum atomic E-state index is -2.71. The molecule has 2 aliphatic rings. The number of nitrogens with one attached hydrogen (secondary N) is 2. The normalized spacial score (nSPS) is 21.5. The van der Waals surface area contributed by atoms with Crippen LogP contribution in [0.25, 0.3) is 5.65 Å². The van der Waals surface area contributed by atoms with E-state index in [1.807, 2.05) is 20.8 Å². The van der Waals surface area contributed by atoms with Crippen LogP contribution in [-0.4, -0.2) is 41.5 Å². The molecule has 2 N–H and O–H groups in total. The van der Waals surface area contributed by atoms with Gasteiger partial charge in [0.15, 0.2) is 5.65 Å². The van der Waals surface area contributed by atoms with Crippen molar-refractivity contribution in [2.24, 2.45) is 11.3 Å². The number of nitriles is 1. The van der Waals surface area contributed by atoms with Crippen LogP contribution in [0.2, 0.25) is 0 Å². The van der Waals surface area contributed by atoms with Crippen molar-refractivity contribution < 1.29 is 22.9 Å².